The Morgan fingerprint density at radius 1 is 1.47 bits per heavy atom. The first-order chi connectivity index (χ1) is 8.40. The Morgan fingerprint density at radius 3 is 3.29 bits per heavy atom. The van der Waals surface area contributed by atoms with Crippen LogP contribution in [0.15, 0.2) is 29.0 Å². The van der Waals surface area contributed by atoms with Crippen molar-refractivity contribution in [2.45, 2.75) is 6.04 Å². The third-order valence-electron chi connectivity index (χ3n) is 3.04. The molecule has 17 heavy (non-hydrogen) atoms. The van der Waals surface area contributed by atoms with Gasteiger partial charge in [0, 0.05) is 18.6 Å². The van der Waals surface area contributed by atoms with Gasteiger partial charge in [0.2, 0.25) is 0 Å². The second kappa shape index (κ2) is 4.55. The molecule has 1 aliphatic heterocycles. The zero-order chi connectivity index (χ0) is 11.7. The highest BCUT2D eigenvalue weighted by atomic mass is 35.5. The normalized spacial score (nSPS) is 21.0. The molecule has 1 fully saturated rings. The smallest absolute Gasteiger partial charge is 0.140 e. The Morgan fingerprint density at radius 2 is 2.41 bits per heavy atom. The largest absolute Gasteiger partial charge is 0.464 e. The number of aromatic nitrogens is 1. The van der Waals surface area contributed by atoms with Gasteiger partial charge in [-0.3, -0.25) is 0 Å². The van der Waals surface area contributed by atoms with Gasteiger partial charge in [0.1, 0.15) is 11.4 Å². The summed E-state index contributed by atoms with van der Waals surface area (Å²) < 4.78 is 10.8. The van der Waals surface area contributed by atoms with Gasteiger partial charge < -0.3 is 14.1 Å². The van der Waals surface area contributed by atoms with Gasteiger partial charge >= 0.3 is 0 Å². The van der Waals surface area contributed by atoms with Crippen molar-refractivity contribution in [1.82, 2.24) is 4.98 Å². The molecule has 4 nitrogen and oxygen atoms in total. The molecule has 0 saturated carbocycles. The molecule has 0 radical (unpaired) electrons. The maximum atomic E-state index is 5.98. The molecule has 90 valence electrons. The van der Waals surface area contributed by atoms with E-state index in [4.69, 9.17) is 20.8 Å². The Balaban J connectivity index is 2.04. The number of alkyl halides is 1. The number of halogens is 1. The third-order valence-corrected chi connectivity index (χ3v) is 3.39. The number of anilines is 1. The summed E-state index contributed by atoms with van der Waals surface area (Å²) in [5.41, 5.74) is 0.856. The molecule has 0 N–H and O–H groups in total. The minimum Gasteiger partial charge on any atom is -0.464 e. The average Bonchev–Trinajstić information content (AvgIpc) is 2.86. The molecular formula is C12H13ClN2O2. The van der Waals surface area contributed by atoms with Crippen LogP contribution in [-0.2, 0) is 4.74 Å². The minimum absolute atomic E-state index is 0.179. The van der Waals surface area contributed by atoms with E-state index in [1.807, 2.05) is 12.1 Å². The van der Waals surface area contributed by atoms with Crippen molar-refractivity contribution in [3.05, 3.63) is 24.6 Å². The molecule has 0 aliphatic carbocycles. The number of furan rings is 1. The van der Waals surface area contributed by atoms with Crippen molar-refractivity contribution in [3.63, 3.8) is 0 Å². The van der Waals surface area contributed by atoms with E-state index in [0.717, 1.165) is 23.3 Å². The highest BCUT2D eigenvalue weighted by molar-refractivity contribution is 6.18. The van der Waals surface area contributed by atoms with Crippen molar-refractivity contribution >= 4 is 28.4 Å². The Kier molecular flexibility index (Phi) is 2.91. The average molecular weight is 253 g/mol. The number of morpholine rings is 1. The molecule has 0 amide bonds. The van der Waals surface area contributed by atoms with Crippen molar-refractivity contribution in [2.75, 3.05) is 30.5 Å². The van der Waals surface area contributed by atoms with Crippen molar-refractivity contribution in [1.29, 1.82) is 0 Å². The molecule has 0 bridgehead atoms. The van der Waals surface area contributed by atoms with Crippen LogP contribution in [-0.4, -0.2) is 36.7 Å². The van der Waals surface area contributed by atoms with Gasteiger partial charge in [-0.2, -0.15) is 0 Å². The molecule has 3 heterocycles. The lowest BCUT2D eigenvalue weighted by Gasteiger charge is -2.35. The van der Waals surface area contributed by atoms with Gasteiger partial charge in [0.05, 0.1) is 30.9 Å². The highest BCUT2D eigenvalue weighted by Gasteiger charge is 2.25. The topological polar surface area (TPSA) is 38.5 Å². The molecule has 5 heteroatoms. The van der Waals surface area contributed by atoms with Crippen LogP contribution in [0.25, 0.3) is 11.0 Å². The fraction of sp³-hybridized carbons (Fsp3) is 0.417. The summed E-state index contributed by atoms with van der Waals surface area (Å²) in [6.07, 6.45) is 3.45. The number of pyridine rings is 1. The van der Waals surface area contributed by atoms with Gasteiger partial charge in [-0.05, 0) is 12.1 Å². The van der Waals surface area contributed by atoms with Crippen LogP contribution in [0.2, 0.25) is 0 Å². The van der Waals surface area contributed by atoms with E-state index in [2.05, 4.69) is 9.88 Å². The highest BCUT2D eigenvalue weighted by Crippen LogP contribution is 2.27. The summed E-state index contributed by atoms with van der Waals surface area (Å²) in [6.45, 7) is 2.18. The van der Waals surface area contributed by atoms with E-state index in [0.29, 0.717) is 19.1 Å². The number of ether oxygens (including phenoxy) is 1. The molecular weight excluding hydrogens is 240 g/mol. The number of nitrogens with zero attached hydrogens (tertiary/aromatic N) is 2. The fourth-order valence-corrected chi connectivity index (χ4v) is 2.43. The first kappa shape index (κ1) is 10.9. The monoisotopic (exact) mass is 252 g/mol. The lowest BCUT2D eigenvalue weighted by Crippen LogP contribution is -2.47. The Hall–Kier alpha value is -1.26. The predicted octanol–water partition coefficient (Wildman–Crippen LogP) is 2.27. The number of hydrogen-bond acceptors (Lipinski definition) is 4. The van der Waals surface area contributed by atoms with Crippen LogP contribution in [0, 0.1) is 0 Å². The van der Waals surface area contributed by atoms with E-state index in [-0.39, 0.29) is 6.04 Å². The minimum atomic E-state index is 0.179. The van der Waals surface area contributed by atoms with E-state index >= 15 is 0 Å². The summed E-state index contributed by atoms with van der Waals surface area (Å²) >= 11 is 5.98. The van der Waals surface area contributed by atoms with Crippen molar-refractivity contribution in [3.8, 4) is 0 Å². The van der Waals surface area contributed by atoms with E-state index in [1.165, 1.54) is 0 Å². The van der Waals surface area contributed by atoms with Gasteiger partial charge in [0.25, 0.3) is 0 Å². The number of fused-ring (bicyclic) bond motifs is 1. The molecule has 1 atom stereocenters. The summed E-state index contributed by atoms with van der Waals surface area (Å²) in [7, 11) is 0. The maximum absolute atomic E-state index is 5.98. The van der Waals surface area contributed by atoms with Crippen LogP contribution in [0.5, 0.6) is 0 Å². The van der Waals surface area contributed by atoms with Crippen LogP contribution < -0.4 is 4.90 Å². The first-order valence-electron chi connectivity index (χ1n) is 5.62. The van der Waals surface area contributed by atoms with Crippen molar-refractivity contribution in [2.24, 2.45) is 0 Å². The summed E-state index contributed by atoms with van der Waals surface area (Å²) in [5, 5.41) is 1.03. The van der Waals surface area contributed by atoms with Gasteiger partial charge in [0.15, 0.2) is 0 Å². The van der Waals surface area contributed by atoms with Gasteiger partial charge in [-0.1, -0.05) is 0 Å². The van der Waals surface area contributed by atoms with Crippen molar-refractivity contribution < 1.29 is 9.15 Å². The molecule has 2 aromatic heterocycles. The van der Waals surface area contributed by atoms with Crippen LogP contribution in [0.4, 0.5) is 5.82 Å². The first-order valence-corrected chi connectivity index (χ1v) is 6.16. The molecule has 1 unspecified atom stereocenters. The van der Waals surface area contributed by atoms with Gasteiger partial charge in [-0.25, -0.2) is 4.98 Å². The molecule has 2 aromatic rings. The summed E-state index contributed by atoms with van der Waals surface area (Å²) in [4.78, 5) is 6.66. The molecule has 0 aromatic carbocycles. The quantitative estimate of drug-likeness (QED) is 0.769. The van der Waals surface area contributed by atoms with Crippen LogP contribution in [0.3, 0.4) is 0 Å². The molecule has 1 aliphatic rings. The standard InChI is InChI=1S/C12H13ClN2O2/c13-7-9-8-16-6-4-15(9)12-10-2-5-17-11(10)1-3-14-12/h1-3,5,9H,4,6-8H2. The number of hydrogen-bond donors (Lipinski definition) is 0. The zero-order valence-corrected chi connectivity index (χ0v) is 10.1. The number of rotatable bonds is 2. The van der Waals surface area contributed by atoms with E-state index in [1.54, 1.807) is 12.5 Å². The summed E-state index contributed by atoms with van der Waals surface area (Å²) in [5.74, 6) is 1.47. The van der Waals surface area contributed by atoms with Crippen LogP contribution in [0.1, 0.15) is 0 Å². The maximum Gasteiger partial charge on any atom is 0.140 e. The zero-order valence-electron chi connectivity index (χ0n) is 9.30. The second-order valence-electron chi connectivity index (χ2n) is 4.04. The second-order valence-corrected chi connectivity index (χ2v) is 4.35. The molecule has 1 saturated heterocycles. The lowest BCUT2D eigenvalue weighted by molar-refractivity contribution is 0.0995. The van der Waals surface area contributed by atoms with Crippen LogP contribution >= 0.6 is 11.6 Å². The fourth-order valence-electron chi connectivity index (χ4n) is 2.17. The SMILES string of the molecule is ClCC1COCCN1c1nccc2occc12. The van der Waals surface area contributed by atoms with E-state index in [9.17, 15) is 0 Å². The molecule has 0 spiro atoms. The Bertz CT molecular complexity index is 514. The third kappa shape index (κ3) is 1.87. The lowest BCUT2D eigenvalue weighted by atomic mass is 10.2. The molecule has 3 rings (SSSR count). The van der Waals surface area contributed by atoms with Gasteiger partial charge in [-0.15, -0.1) is 11.6 Å². The summed E-state index contributed by atoms with van der Waals surface area (Å²) in [6, 6.07) is 3.99. The van der Waals surface area contributed by atoms with E-state index < -0.39 is 0 Å². The Labute approximate surface area is 104 Å². The predicted molar refractivity (Wildman–Crippen MR) is 66.7 cm³/mol.